The number of aliphatic hydroxyl groups is 1. The Bertz CT molecular complexity index is 870. The summed E-state index contributed by atoms with van der Waals surface area (Å²) in [6.45, 7) is 8.26. The van der Waals surface area contributed by atoms with Gasteiger partial charge in [-0.3, -0.25) is 4.90 Å². The molecule has 0 aliphatic carbocycles. The summed E-state index contributed by atoms with van der Waals surface area (Å²) >= 11 is 6.33. The molecule has 3 rings (SSSR count). The number of halogens is 2. The number of unbranched alkanes of at least 4 members (excludes halogenated alkanes) is 1. The summed E-state index contributed by atoms with van der Waals surface area (Å²) in [5.74, 6) is 1.14. The lowest BCUT2D eigenvalue weighted by Gasteiger charge is -2.37. The van der Waals surface area contributed by atoms with Crippen molar-refractivity contribution in [3.8, 4) is 0 Å². The first-order valence-electron chi connectivity index (χ1n) is 11.4. The van der Waals surface area contributed by atoms with Crippen molar-refractivity contribution in [1.29, 1.82) is 0 Å². The van der Waals surface area contributed by atoms with Crippen LogP contribution < -0.4 is 4.90 Å². The van der Waals surface area contributed by atoms with E-state index in [1.165, 1.54) is 6.07 Å². The highest BCUT2D eigenvalue weighted by Crippen LogP contribution is 2.29. The zero-order valence-corrected chi connectivity index (χ0v) is 20.0. The number of methoxy groups -OCH3 is 1. The Morgan fingerprint density at radius 3 is 2.59 bits per heavy atom. The molecule has 2 aromatic rings. The van der Waals surface area contributed by atoms with Crippen molar-refractivity contribution in [1.82, 2.24) is 14.9 Å². The molecule has 176 valence electrons. The predicted molar refractivity (Wildman–Crippen MR) is 126 cm³/mol. The van der Waals surface area contributed by atoms with Gasteiger partial charge in [-0.1, -0.05) is 37.4 Å². The predicted octanol–water partition coefficient (Wildman–Crippen LogP) is 3.99. The van der Waals surface area contributed by atoms with E-state index in [0.29, 0.717) is 36.0 Å². The van der Waals surface area contributed by atoms with Crippen LogP contribution in [0.25, 0.3) is 0 Å². The molecule has 8 heteroatoms. The van der Waals surface area contributed by atoms with Crippen LogP contribution in [0, 0.1) is 12.7 Å². The van der Waals surface area contributed by atoms with Crippen LogP contribution in [-0.2, 0) is 17.8 Å². The molecule has 1 N–H and O–H groups in total. The van der Waals surface area contributed by atoms with E-state index in [-0.39, 0.29) is 11.9 Å². The summed E-state index contributed by atoms with van der Waals surface area (Å²) in [4.78, 5) is 13.9. The number of aliphatic hydroxyl groups excluding tert-OH is 1. The SMILES string of the molecule is CCCC[C@H](O)CN1CCN(c2nc(C)nc(COC)c2Cc2c(F)cccc2Cl)CC1. The summed E-state index contributed by atoms with van der Waals surface area (Å²) < 4.78 is 20.0. The van der Waals surface area contributed by atoms with Gasteiger partial charge in [0.15, 0.2) is 0 Å². The van der Waals surface area contributed by atoms with Crippen LogP contribution in [0.1, 0.15) is 48.8 Å². The van der Waals surface area contributed by atoms with E-state index in [2.05, 4.69) is 21.7 Å². The van der Waals surface area contributed by atoms with Crippen molar-refractivity contribution in [2.45, 2.75) is 52.2 Å². The van der Waals surface area contributed by atoms with Crippen LogP contribution in [0.4, 0.5) is 10.2 Å². The monoisotopic (exact) mass is 464 g/mol. The summed E-state index contributed by atoms with van der Waals surface area (Å²) in [6.07, 6.45) is 3.00. The van der Waals surface area contributed by atoms with Crippen molar-refractivity contribution >= 4 is 17.4 Å². The van der Waals surface area contributed by atoms with Gasteiger partial charge in [-0.05, 0) is 25.5 Å². The number of piperazine rings is 1. The number of anilines is 1. The van der Waals surface area contributed by atoms with E-state index in [1.807, 2.05) is 6.92 Å². The maximum Gasteiger partial charge on any atom is 0.136 e. The number of ether oxygens (including phenoxy) is 1. The lowest BCUT2D eigenvalue weighted by Crippen LogP contribution is -2.49. The van der Waals surface area contributed by atoms with Crippen LogP contribution in [0.15, 0.2) is 18.2 Å². The highest BCUT2D eigenvalue weighted by atomic mass is 35.5. The number of β-amino-alcohol motifs (C(OH)–C–C–N with tert-alkyl or cyclic N) is 1. The molecule has 2 heterocycles. The molecule has 0 spiro atoms. The molecule has 1 aromatic carbocycles. The minimum atomic E-state index is -0.335. The van der Waals surface area contributed by atoms with Crippen molar-refractivity contribution in [3.05, 3.63) is 51.7 Å². The van der Waals surface area contributed by atoms with Gasteiger partial charge in [-0.15, -0.1) is 0 Å². The minimum Gasteiger partial charge on any atom is -0.392 e. The highest BCUT2D eigenvalue weighted by molar-refractivity contribution is 6.31. The van der Waals surface area contributed by atoms with Gasteiger partial charge in [0.05, 0.1) is 18.4 Å². The number of aryl methyl sites for hydroxylation is 1. The molecule has 0 bridgehead atoms. The molecule has 1 aliphatic heterocycles. The summed E-state index contributed by atoms with van der Waals surface area (Å²) in [5.41, 5.74) is 2.05. The minimum absolute atomic E-state index is 0.283. The van der Waals surface area contributed by atoms with Gasteiger partial charge in [0, 0.05) is 62.4 Å². The normalized spacial score (nSPS) is 15.9. The second-order valence-corrected chi connectivity index (χ2v) is 8.82. The molecule has 0 radical (unpaired) electrons. The summed E-state index contributed by atoms with van der Waals surface area (Å²) in [5, 5.41) is 10.7. The Morgan fingerprint density at radius 1 is 1.19 bits per heavy atom. The third kappa shape index (κ3) is 6.38. The zero-order chi connectivity index (χ0) is 23.1. The van der Waals surface area contributed by atoms with Crippen LogP contribution in [0.5, 0.6) is 0 Å². The molecule has 0 amide bonds. The standard InChI is InChI=1S/C24H34ClFN4O2/c1-4-5-7-18(31)15-29-10-12-30(13-11-29)24-20(23(16-32-3)27-17(2)28-24)14-19-21(25)8-6-9-22(19)26/h6,8-9,18,31H,4-5,7,10-16H2,1-3H3/t18-/m0/s1. The van der Waals surface area contributed by atoms with Gasteiger partial charge in [0.2, 0.25) is 0 Å². The van der Waals surface area contributed by atoms with Gasteiger partial charge >= 0.3 is 0 Å². The number of aromatic nitrogens is 2. The maximum absolute atomic E-state index is 14.6. The highest BCUT2D eigenvalue weighted by Gasteiger charge is 2.25. The van der Waals surface area contributed by atoms with Gasteiger partial charge in [0.1, 0.15) is 17.5 Å². The fourth-order valence-electron chi connectivity index (χ4n) is 4.19. The largest absolute Gasteiger partial charge is 0.392 e. The first-order valence-corrected chi connectivity index (χ1v) is 11.7. The van der Waals surface area contributed by atoms with E-state index < -0.39 is 0 Å². The Morgan fingerprint density at radius 2 is 1.94 bits per heavy atom. The lowest BCUT2D eigenvalue weighted by molar-refractivity contribution is 0.100. The van der Waals surface area contributed by atoms with Crippen LogP contribution in [0.2, 0.25) is 5.02 Å². The van der Waals surface area contributed by atoms with Gasteiger partial charge < -0.3 is 14.7 Å². The molecule has 1 fully saturated rings. The number of hydrogen-bond donors (Lipinski definition) is 1. The third-order valence-corrected chi connectivity index (χ3v) is 6.26. The molecule has 0 saturated carbocycles. The second-order valence-electron chi connectivity index (χ2n) is 8.41. The lowest BCUT2D eigenvalue weighted by atomic mass is 10.0. The molecule has 1 atom stereocenters. The van der Waals surface area contributed by atoms with Crippen LogP contribution in [-0.4, -0.2) is 65.9 Å². The van der Waals surface area contributed by atoms with E-state index in [1.54, 1.807) is 19.2 Å². The Hall–Kier alpha value is -1.80. The number of benzene rings is 1. The number of rotatable bonds is 10. The van der Waals surface area contributed by atoms with Gasteiger partial charge in [0.25, 0.3) is 0 Å². The fraction of sp³-hybridized carbons (Fsp3) is 0.583. The van der Waals surface area contributed by atoms with E-state index in [9.17, 15) is 9.50 Å². The van der Waals surface area contributed by atoms with Crippen molar-refractivity contribution < 1.29 is 14.2 Å². The number of hydrogen-bond acceptors (Lipinski definition) is 6. The second kappa shape index (κ2) is 11.9. The zero-order valence-electron chi connectivity index (χ0n) is 19.3. The molecule has 6 nitrogen and oxygen atoms in total. The quantitative estimate of drug-likeness (QED) is 0.573. The Kier molecular flexibility index (Phi) is 9.22. The molecule has 1 saturated heterocycles. The van der Waals surface area contributed by atoms with E-state index >= 15 is 0 Å². The molecule has 0 unspecified atom stereocenters. The van der Waals surface area contributed by atoms with Crippen LogP contribution >= 0.6 is 11.6 Å². The Labute approximate surface area is 195 Å². The molecule has 1 aromatic heterocycles. The molecular weight excluding hydrogens is 431 g/mol. The molecule has 32 heavy (non-hydrogen) atoms. The van der Waals surface area contributed by atoms with Crippen molar-refractivity contribution in [2.75, 3.05) is 44.7 Å². The average molecular weight is 465 g/mol. The fourth-order valence-corrected chi connectivity index (χ4v) is 4.42. The van der Waals surface area contributed by atoms with E-state index in [4.69, 9.17) is 21.3 Å². The topological polar surface area (TPSA) is 61.7 Å². The van der Waals surface area contributed by atoms with Crippen molar-refractivity contribution in [3.63, 3.8) is 0 Å². The first-order chi connectivity index (χ1) is 15.4. The third-order valence-electron chi connectivity index (χ3n) is 5.91. The van der Waals surface area contributed by atoms with Gasteiger partial charge in [-0.25, -0.2) is 14.4 Å². The average Bonchev–Trinajstić information content (AvgIpc) is 2.76. The first kappa shape index (κ1) is 24.8. The van der Waals surface area contributed by atoms with Crippen LogP contribution in [0.3, 0.4) is 0 Å². The molecular formula is C24H34ClFN4O2. The van der Waals surface area contributed by atoms with Crippen molar-refractivity contribution in [2.24, 2.45) is 0 Å². The number of nitrogens with zero attached hydrogens (tertiary/aromatic N) is 4. The Balaban J connectivity index is 1.82. The van der Waals surface area contributed by atoms with E-state index in [0.717, 1.165) is 62.5 Å². The van der Waals surface area contributed by atoms with Gasteiger partial charge in [-0.2, -0.15) is 0 Å². The maximum atomic E-state index is 14.6. The summed E-state index contributed by atoms with van der Waals surface area (Å²) in [7, 11) is 1.62. The summed E-state index contributed by atoms with van der Waals surface area (Å²) in [6, 6.07) is 4.74. The smallest absolute Gasteiger partial charge is 0.136 e. The molecule has 1 aliphatic rings.